The molecule has 1 atom stereocenters. The summed E-state index contributed by atoms with van der Waals surface area (Å²) in [5.41, 5.74) is 0. The molecule has 0 saturated heterocycles. The number of thioether (sulfide) groups is 1. The first-order valence-electron chi connectivity index (χ1n) is 7.46. The van der Waals surface area contributed by atoms with Gasteiger partial charge >= 0.3 is 0 Å². The summed E-state index contributed by atoms with van der Waals surface area (Å²) < 4.78 is 6.99. The second-order valence-corrected chi connectivity index (χ2v) is 7.83. The maximum absolute atomic E-state index is 9.99. The van der Waals surface area contributed by atoms with E-state index in [0.717, 1.165) is 16.8 Å². The van der Waals surface area contributed by atoms with Crippen LogP contribution in [0.1, 0.15) is 25.7 Å². The molecule has 0 spiro atoms. The molecule has 1 unspecified atom stereocenters. The van der Waals surface area contributed by atoms with E-state index >= 15 is 0 Å². The van der Waals surface area contributed by atoms with Crippen molar-refractivity contribution < 1.29 is 9.84 Å². The minimum absolute atomic E-state index is 0.320. The van der Waals surface area contributed by atoms with Crippen LogP contribution < -0.4 is 10.1 Å². The van der Waals surface area contributed by atoms with E-state index in [0.29, 0.717) is 17.9 Å². The standard InChI is InChI=1S/C16H24BrNO2S/c1-21-16(8-2-3-9-16)12-18-10-14(19)11-20-15-6-4-13(17)5-7-15/h4-7,14,18-19H,2-3,8-12H2,1H3. The van der Waals surface area contributed by atoms with Crippen LogP contribution in [0.3, 0.4) is 0 Å². The maximum atomic E-state index is 9.99. The number of aliphatic hydroxyl groups is 1. The highest BCUT2D eigenvalue weighted by Crippen LogP contribution is 2.39. The van der Waals surface area contributed by atoms with E-state index in [1.54, 1.807) is 0 Å². The Morgan fingerprint density at radius 1 is 1.33 bits per heavy atom. The Labute approximate surface area is 140 Å². The third-order valence-corrected chi connectivity index (χ3v) is 5.98. The van der Waals surface area contributed by atoms with Gasteiger partial charge in [0.25, 0.3) is 0 Å². The average molecular weight is 374 g/mol. The van der Waals surface area contributed by atoms with E-state index in [1.807, 2.05) is 36.0 Å². The fourth-order valence-corrected chi connectivity index (χ4v) is 3.93. The van der Waals surface area contributed by atoms with Gasteiger partial charge in [0.1, 0.15) is 18.5 Å². The van der Waals surface area contributed by atoms with Gasteiger partial charge in [-0.15, -0.1) is 0 Å². The smallest absolute Gasteiger partial charge is 0.119 e. The second kappa shape index (κ2) is 8.42. The van der Waals surface area contributed by atoms with E-state index in [2.05, 4.69) is 27.5 Å². The van der Waals surface area contributed by atoms with Gasteiger partial charge in [0, 0.05) is 22.3 Å². The number of nitrogens with one attached hydrogen (secondary N) is 1. The van der Waals surface area contributed by atoms with Crippen LogP contribution >= 0.6 is 27.7 Å². The summed E-state index contributed by atoms with van der Waals surface area (Å²) in [4.78, 5) is 0. The summed E-state index contributed by atoms with van der Waals surface area (Å²) in [5.74, 6) is 0.786. The van der Waals surface area contributed by atoms with Crippen LogP contribution in [0.2, 0.25) is 0 Å². The van der Waals surface area contributed by atoms with Crippen molar-refractivity contribution in [3.8, 4) is 5.75 Å². The monoisotopic (exact) mass is 373 g/mol. The predicted molar refractivity (Wildman–Crippen MR) is 93.2 cm³/mol. The van der Waals surface area contributed by atoms with Gasteiger partial charge in [0.15, 0.2) is 0 Å². The number of benzene rings is 1. The molecule has 0 heterocycles. The SMILES string of the molecule is CSC1(CNCC(O)COc2ccc(Br)cc2)CCCC1. The highest BCUT2D eigenvalue weighted by atomic mass is 79.9. The van der Waals surface area contributed by atoms with Crippen molar-refractivity contribution in [2.75, 3.05) is 26.0 Å². The molecule has 0 aromatic heterocycles. The summed E-state index contributed by atoms with van der Waals surface area (Å²) in [5, 5.41) is 13.4. The number of rotatable bonds is 8. The molecule has 2 N–H and O–H groups in total. The van der Waals surface area contributed by atoms with Crippen molar-refractivity contribution in [1.82, 2.24) is 5.32 Å². The molecule has 1 aromatic rings. The first kappa shape index (κ1) is 17.1. The fourth-order valence-electron chi connectivity index (χ4n) is 2.72. The van der Waals surface area contributed by atoms with E-state index in [1.165, 1.54) is 25.7 Å². The van der Waals surface area contributed by atoms with Crippen LogP contribution in [0.25, 0.3) is 0 Å². The summed E-state index contributed by atoms with van der Waals surface area (Å²) in [7, 11) is 0. The zero-order valence-electron chi connectivity index (χ0n) is 12.5. The summed E-state index contributed by atoms with van der Waals surface area (Å²) in [6, 6.07) is 7.65. The Morgan fingerprint density at radius 2 is 2.00 bits per heavy atom. The fraction of sp³-hybridized carbons (Fsp3) is 0.625. The van der Waals surface area contributed by atoms with E-state index in [9.17, 15) is 5.11 Å². The van der Waals surface area contributed by atoms with Gasteiger partial charge < -0.3 is 15.2 Å². The largest absolute Gasteiger partial charge is 0.491 e. The highest BCUT2D eigenvalue weighted by molar-refractivity contribution is 9.10. The van der Waals surface area contributed by atoms with Crippen molar-refractivity contribution in [2.24, 2.45) is 0 Å². The van der Waals surface area contributed by atoms with Crippen molar-refractivity contribution >= 4 is 27.7 Å². The number of hydrogen-bond donors (Lipinski definition) is 2. The maximum Gasteiger partial charge on any atom is 0.119 e. The Kier molecular flexibility index (Phi) is 6.86. The first-order chi connectivity index (χ1) is 10.1. The molecule has 5 heteroatoms. The van der Waals surface area contributed by atoms with Crippen molar-refractivity contribution in [1.29, 1.82) is 0 Å². The van der Waals surface area contributed by atoms with Crippen molar-refractivity contribution in [2.45, 2.75) is 36.5 Å². The number of ether oxygens (including phenoxy) is 1. The van der Waals surface area contributed by atoms with Crippen molar-refractivity contribution in [3.63, 3.8) is 0 Å². The van der Waals surface area contributed by atoms with Crippen LogP contribution in [-0.4, -0.2) is 41.9 Å². The Balaban J connectivity index is 1.65. The summed E-state index contributed by atoms with van der Waals surface area (Å²) in [6.45, 7) is 1.88. The number of aliphatic hydroxyl groups excluding tert-OH is 1. The van der Waals surface area contributed by atoms with Crippen LogP contribution in [0, 0.1) is 0 Å². The van der Waals surface area contributed by atoms with E-state index < -0.39 is 6.10 Å². The third-order valence-electron chi connectivity index (χ3n) is 4.03. The molecule has 0 radical (unpaired) electrons. The molecule has 1 saturated carbocycles. The van der Waals surface area contributed by atoms with Gasteiger partial charge in [-0.25, -0.2) is 0 Å². The molecule has 0 aliphatic heterocycles. The average Bonchev–Trinajstić information content (AvgIpc) is 2.96. The van der Waals surface area contributed by atoms with Gasteiger partial charge in [-0.3, -0.25) is 0 Å². The van der Waals surface area contributed by atoms with Crippen LogP contribution in [0.4, 0.5) is 0 Å². The lowest BCUT2D eigenvalue weighted by atomic mass is 10.1. The molecule has 1 aliphatic rings. The zero-order valence-corrected chi connectivity index (χ0v) is 14.9. The summed E-state index contributed by atoms with van der Waals surface area (Å²) >= 11 is 5.35. The third kappa shape index (κ3) is 5.47. The highest BCUT2D eigenvalue weighted by Gasteiger charge is 2.32. The molecule has 2 rings (SSSR count). The Bertz CT molecular complexity index is 421. The number of halogens is 1. The molecular weight excluding hydrogens is 350 g/mol. The number of hydrogen-bond acceptors (Lipinski definition) is 4. The molecular formula is C16H24BrNO2S. The molecule has 21 heavy (non-hydrogen) atoms. The van der Waals surface area contributed by atoms with Gasteiger partial charge in [-0.1, -0.05) is 28.8 Å². The first-order valence-corrected chi connectivity index (χ1v) is 9.48. The van der Waals surface area contributed by atoms with E-state index in [4.69, 9.17) is 4.74 Å². The van der Waals surface area contributed by atoms with Gasteiger partial charge in [0.05, 0.1) is 0 Å². The Hall–Kier alpha value is -0.230. The topological polar surface area (TPSA) is 41.5 Å². The molecule has 1 fully saturated rings. The van der Waals surface area contributed by atoms with Crippen molar-refractivity contribution in [3.05, 3.63) is 28.7 Å². The summed E-state index contributed by atoms with van der Waals surface area (Å²) in [6.07, 6.45) is 6.95. The zero-order chi connectivity index (χ0) is 15.1. The van der Waals surface area contributed by atoms with Crippen LogP contribution in [0.5, 0.6) is 5.75 Å². The Morgan fingerprint density at radius 3 is 2.62 bits per heavy atom. The molecule has 1 aromatic carbocycles. The van der Waals surface area contributed by atoms with Crippen LogP contribution in [-0.2, 0) is 0 Å². The lowest BCUT2D eigenvalue weighted by Gasteiger charge is -2.27. The predicted octanol–water partition coefficient (Wildman–Crippen LogP) is 3.45. The molecule has 3 nitrogen and oxygen atoms in total. The van der Waals surface area contributed by atoms with E-state index in [-0.39, 0.29) is 0 Å². The normalized spacial score (nSPS) is 18.6. The lowest BCUT2D eigenvalue weighted by molar-refractivity contribution is 0.106. The molecule has 0 amide bonds. The quantitative estimate of drug-likeness (QED) is 0.731. The lowest BCUT2D eigenvalue weighted by Crippen LogP contribution is -2.40. The molecule has 118 valence electrons. The minimum Gasteiger partial charge on any atom is -0.491 e. The molecule has 0 bridgehead atoms. The molecule has 1 aliphatic carbocycles. The second-order valence-electron chi connectivity index (χ2n) is 5.64. The van der Waals surface area contributed by atoms with Gasteiger partial charge in [-0.05, 0) is 43.4 Å². The van der Waals surface area contributed by atoms with Gasteiger partial charge in [-0.2, -0.15) is 11.8 Å². The van der Waals surface area contributed by atoms with Gasteiger partial charge in [0.2, 0.25) is 0 Å². The van der Waals surface area contributed by atoms with Crippen LogP contribution in [0.15, 0.2) is 28.7 Å². The minimum atomic E-state index is -0.478.